The summed E-state index contributed by atoms with van der Waals surface area (Å²) >= 11 is 0. The second-order valence-corrected chi connectivity index (χ2v) is 4.63. The van der Waals surface area contributed by atoms with Gasteiger partial charge >= 0.3 is 0 Å². The first-order valence-corrected chi connectivity index (χ1v) is 6.28. The smallest absolute Gasteiger partial charge is 0.251 e. The summed E-state index contributed by atoms with van der Waals surface area (Å²) in [6.07, 6.45) is 5.62. The van der Waals surface area contributed by atoms with Crippen LogP contribution >= 0.6 is 0 Å². The number of amides is 1. The minimum Gasteiger partial charge on any atom is -0.354 e. The third-order valence-electron chi connectivity index (χ3n) is 2.59. The monoisotopic (exact) mass is 225 g/mol. The zero-order chi connectivity index (χ0) is 12.0. The molecule has 1 atom stereocenters. The Morgan fingerprint density at radius 2 is 2.12 bits per heavy atom. The Bertz CT molecular complexity index is 261. The highest BCUT2D eigenvalue weighted by atomic mass is 16.2. The second kappa shape index (κ2) is 6.51. The standard InChI is InChI=1S/C12H23N3O/c1-4-5-6-7-8-10-11(16)15-12(14-10)13-9(2)3/h9-10H,4-8H2,1-3H3,(H2,13,14,15,16). The molecule has 0 aromatic rings. The van der Waals surface area contributed by atoms with Gasteiger partial charge in [-0.15, -0.1) is 0 Å². The van der Waals surface area contributed by atoms with Gasteiger partial charge in [-0.1, -0.05) is 32.6 Å². The molecule has 1 amide bonds. The fourth-order valence-electron chi connectivity index (χ4n) is 1.75. The van der Waals surface area contributed by atoms with Gasteiger partial charge in [-0.2, -0.15) is 0 Å². The van der Waals surface area contributed by atoms with Crippen molar-refractivity contribution < 1.29 is 4.79 Å². The summed E-state index contributed by atoms with van der Waals surface area (Å²) < 4.78 is 0. The lowest BCUT2D eigenvalue weighted by molar-refractivity contribution is -0.120. The third kappa shape index (κ3) is 4.21. The van der Waals surface area contributed by atoms with Crippen molar-refractivity contribution in [3.05, 3.63) is 0 Å². The van der Waals surface area contributed by atoms with E-state index in [1.165, 1.54) is 19.3 Å². The van der Waals surface area contributed by atoms with Crippen LogP contribution < -0.4 is 10.6 Å². The summed E-state index contributed by atoms with van der Waals surface area (Å²) in [7, 11) is 0. The predicted molar refractivity (Wildman–Crippen MR) is 66.4 cm³/mol. The minimum atomic E-state index is -0.168. The van der Waals surface area contributed by atoms with Crippen LogP contribution in [0, 0.1) is 0 Å². The lowest BCUT2D eigenvalue weighted by atomic mass is 10.1. The van der Waals surface area contributed by atoms with Gasteiger partial charge in [0.2, 0.25) is 0 Å². The Morgan fingerprint density at radius 1 is 1.38 bits per heavy atom. The van der Waals surface area contributed by atoms with Crippen molar-refractivity contribution in [3.63, 3.8) is 0 Å². The molecule has 0 saturated carbocycles. The first kappa shape index (κ1) is 13.0. The van der Waals surface area contributed by atoms with Crippen molar-refractivity contribution in [2.45, 2.75) is 65.0 Å². The summed E-state index contributed by atoms with van der Waals surface area (Å²) in [6.45, 7) is 6.25. The quantitative estimate of drug-likeness (QED) is 0.677. The van der Waals surface area contributed by atoms with Gasteiger partial charge in [0.15, 0.2) is 5.96 Å². The van der Waals surface area contributed by atoms with Crippen molar-refractivity contribution in [2.75, 3.05) is 0 Å². The topological polar surface area (TPSA) is 53.5 Å². The molecule has 0 spiro atoms. The minimum absolute atomic E-state index is 0.0413. The van der Waals surface area contributed by atoms with Gasteiger partial charge in [-0.05, 0) is 20.3 Å². The average molecular weight is 225 g/mol. The summed E-state index contributed by atoms with van der Waals surface area (Å²) in [6, 6.07) is 0.135. The lowest BCUT2D eigenvalue weighted by Crippen LogP contribution is -2.40. The number of hydrogen-bond acceptors (Lipinski definition) is 3. The number of aliphatic imine (C=N–C) groups is 1. The van der Waals surface area contributed by atoms with Crippen LogP contribution in [0.5, 0.6) is 0 Å². The molecule has 92 valence electrons. The SMILES string of the molecule is CCCCCCC1N=C(NC(C)C)NC1=O. The van der Waals surface area contributed by atoms with Crippen molar-refractivity contribution in [1.82, 2.24) is 10.6 Å². The van der Waals surface area contributed by atoms with Crippen LogP contribution in [0.1, 0.15) is 52.9 Å². The van der Waals surface area contributed by atoms with Gasteiger partial charge in [-0.3, -0.25) is 10.1 Å². The zero-order valence-electron chi connectivity index (χ0n) is 10.5. The van der Waals surface area contributed by atoms with E-state index in [-0.39, 0.29) is 11.9 Å². The lowest BCUT2D eigenvalue weighted by Gasteiger charge is -2.07. The van der Waals surface area contributed by atoms with E-state index in [1.54, 1.807) is 0 Å². The molecule has 1 aliphatic rings. The molecular formula is C12H23N3O. The molecule has 0 radical (unpaired) electrons. The highest BCUT2D eigenvalue weighted by molar-refractivity contribution is 6.04. The second-order valence-electron chi connectivity index (χ2n) is 4.63. The maximum atomic E-state index is 11.6. The molecule has 4 nitrogen and oxygen atoms in total. The van der Waals surface area contributed by atoms with E-state index in [0.717, 1.165) is 12.8 Å². The number of carbonyl (C=O) groups is 1. The Labute approximate surface area is 97.9 Å². The molecule has 0 saturated heterocycles. The van der Waals surface area contributed by atoms with E-state index in [1.807, 2.05) is 13.8 Å². The van der Waals surface area contributed by atoms with Gasteiger partial charge in [0.05, 0.1) is 0 Å². The first-order chi connectivity index (χ1) is 7.63. The van der Waals surface area contributed by atoms with Crippen LogP contribution in [0.2, 0.25) is 0 Å². The van der Waals surface area contributed by atoms with E-state index >= 15 is 0 Å². The first-order valence-electron chi connectivity index (χ1n) is 6.28. The highest BCUT2D eigenvalue weighted by Gasteiger charge is 2.25. The fraction of sp³-hybridized carbons (Fsp3) is 0.833. The number of carbonyl (C=O) groups excluding carboxylic acids is 1. The van der Waals surface area contributed by atoms with E-state index in [4.69, 9.17) is 0 Å². The maximum absolute atomic E-state index is 11.6. The number of guanidine groups is 1. The molecule has 0 aromatic carbocycles. The van der Waals surface area contributed by atoms with E-state index < -0.39 is 0 Å². The summed E-state index contributed by atoms with van der Waals surface area (Å²) in [5.41, 5.74) is 0. The summed E-state index contributed by atoms with van der Waals surface area (Å²) in [4.78, 5) is 15.9. The van der Waals surface area contributed by atoms with Crippen LogP contribution in [-0.2, 0) is 4.79 Å². The van der Waals surface area contributed by atoms with Crippen LogP contribution in [0.25, 0.3) is 0 Å². The van der Waals surface area contributed by atoms with Gasteiger partial charge < -0.3 is 5.32 Å². The van der Waals surface area contributed by atoms with E-state index in [9.17, 15) is 4.79 Å². The van der Waals surface area contributed by atoms with Gasteiger partial charge in [0, 0.05) is 6.04 Å². The molecule has 16 heavy (non-hydrogen) atoms. The predicted octanol–water partition coefficient (Wildman–Crippen LogP) is 1.81. The normalized spacial score (nSPS) is 19.9. The molecule has 2 N–H and O–H groups in total. The van der Waals surface area contributed by atoms with E-state index in [0.29, 0.717) is 12.0 Å². The van der Waals surface area contributed by atoms with Crippen molar-refractivity contribution >= 4 is 11.9 Å². The van der Waals surface area contributed by atoms with Crippen LogP contribution in [-0.4, -0.2) is 24.0 Å². The Kier molecular flexibility index (Phi) is 5.29. The van der Waals surface area contributed by atoms with Crippen LogP contribution in [0.15, 0.2) is 4.99 Å². The molecular weight excluding hydrogens is 202 g/mol. The Balaban J connectivity index is 2.30. The third-order valence-corrected chi connectivity index (χ3v) is 2.59. The fourth-order valence-corrected chi connectivity index (χ4v) is 1.75. The average Bonchev–Trinajstić information content (AvgIpc) is 2.53. The zero-order valence-corrected chi connectivity index (χ0v) is 10.5. The molecule has 1 heterocycles. The number of rotatable bonds is 6. The van der Waals surface area contributed by atoms with Crippen molar-refractivity contribution in [2.24, 2.45) is 4.99 Å². The molecule has 1 unspecified atom stereocenters. The maximum Gasteiger partial charge on any atom is 0.251 e. The molecule has 1 aliphatic heterocycles. The van der Waals surface area contributed by atoms with Crippen molar-refractivity contribution in [3.8, 4) is 0 Å². The summed E-state index contributed by atoms with van der Waals surface area (Å²) in [5.74, 6) is 0.681. The summed E-state index contributed by atoms with van der Waals surface area (Å²) in [5, 5.41) is 5.90. The van der Waals surface area contributed by atoms with Crippen LogP contribution in [0.3, 0.4) is 0 Å². The molecule has 0 aromatic heterocycles. The molecule has 0 bridgehead atoms. The van der Waals surface area contributed by atoms with Gasteiger partial charge in [0.25, 0.3) is 5.91 Å². The largest absolute Gasteiger partial charge is 0.354 e. The molecule has 0 fully saturated rings. The highest BCUT2D eigenvalue weighted by Crippen LogP contribution is 2.11. The van der Waals surface area contributed by atoms with Gasteiger partial charge in [0.1, 0.15) is 6.04 Å². The number of nitrogens with zero attached hydrogens (tertiary/aromatic N) is 1. The molecule has 0 aliphatic carbocycles. The number of unbranched alkanes of at least 4 members (excludes halogenated alkanes) is 3. The molecule has 4 heteroatoms. The number of nitrogens with one attached hydrogen (secondary N) is 2. The van der Waals surface area contributed by atoms with Crippen LogP contribution in [0.4, 0.5) is 0 Å². The van der Waals surface area contributed by atoms with Gasteiger partial charge in [-0.25, -0.2) is 4.99 Å². The number of hydrogen-bond donors (Lipinski definition) is 2. The molecule has 1 rings (SSSR count). The van der Waals surface area contributed by atoms with E-state index in [2.05, 4.69) is 22.5 Å². The Hall–Kier alpha value is -1.06. The van der Waals surface area contributed by atoms with Crippen molar-refractivity contribution in [1.29, 1.82) is 0 Å². The Morgan fingerprint density at radius 3 is 2.75 bits per heavy atom.